The molecule has 0 aliphatic carbocycles. The molecule has 2 rings (SSSR count). The number of methoxy groups -OCH3 is 1. The van der Waals surface area contributed by atoms with Crippen molar-refractivity contribution in [3.63, 3.8) is 0 Å². The Morgan fingerprint density at radius 1 is 1.30 bits per heavy atom. The second-order valence-electron chi connectivity index (χ2n) is 4.17. The highest BCUT2D eigenvalue weighted by atomic mass is 16.6. The molecule has 0 fully saturated rings. The van der Waals surface area contributed by atoms with Crippen LogP contribution in [-0.4, -0.2) is 23.6 Å². The lowest BCUT2D eigenvalue weighted by Gasteiger charge is -2.07. The molecule has 20 heavy (non-hydrogen) atoms. The fourth-order valence-corrected chi connectivity index (χ4v) is 1.81. The molecule has 0 amide bonds. The first-order valence-corrected chi connectivity index (χ1v) is 6.16. The third-order valence-corrected chi connectivity index (χ3v) is 2.88. The molecule has 0 unspecified atom stereocenters. The Morgan fingerprint density at radius 2 is 2.05 bits per heavy atom. The zero-order valence-electron chi connectivity index (χ0n) is 11.1. The lowest BCUT2D eigenvalue weighted by Crippen LogP contribution is -2.07. The van der Waals surface area contributed by atoms with Gasteiger partial charge in [-0.3, -0.25) is 15.1 Å². The number of aromatic nitrogens is 1. The first-order valence-electron chi connectivity index (χ1n) is 6.16. The summed E-state index contributed by atoms with van der Waals surface area (Å²) in [5, 5.41) is 13.9. The Bertz CT molecular complexity index is 584. The van der Waals surface area contributed by atoms with Crippen molar-refractivity contribution >= 4 is 11.4 Å². The third kappa shape index (κ3) is 3.44. The quantitative estimate of drug-likeness (QED) is 0.646. The molecule has 1 aromatic carbocycles. The van der Waals surface area contributed by atoms with Crippen molar-refractivity contribution in [3.8, 4) is 5.75 Å². The molecule has 1 heterocycles. The van der Waals surface area contributed by atoms with Gasteiger partial charge >= 0.3 is 5.69 Å². The van der Waals surface area contributed by atoms with Gasteiger partial charge in [0.25, 0.3) is 0 Å². The van der Waals surface area contributed by atoms with Gasteiger partial charge in [-0.05, 0) is 30.2 Å². The van der Waals surface area contributed by atoms with E-state index in [1.807, 2.05) is 24.3 Å². The van der Waals surface area contributed by atoms with Gasteiger partial charge in [0, 0.05) is 12.7 Å². The summed E-state index contributed by atoms with van der Waals surface area (Å²) >= 11 is 0. The van der Waals surface area contributed by atoms with Crippen LogP contribution in [0, 0.1) is 10.1 Å². The van der Waals surface area contributed by atoms with E-state index < -0.39 is 4.92 Å². The van der Waals surface area contributed by atoms with Crippen molar-refractivity contribution in [2.45, 2.75) is 6.42 Å². The molecule has 2 aromatic rings. The van der Waals surface area contributed by atoms with Crippen LogP contribution in [0.5, 0.6) is 5.75 Å². The fraction of sp³-hybridized carbons (Fsp3) is 0.214. The molecule has 6 heteroatoms. The topological polar surface area (TPSA) is 77.3 Å². The Hall–Kier alpha value is -2.63. The van der Waals surface area contributed by atoms with Crippen LogP contribution >= 0.6 is 0 Å². The maximum Gasteiger partial charge on any atom is 0.310 e. The SMILES string of the molecule is COc1ccc(CCNc2ccncc2[N+](=O)[O-])cc1. The standard InChI is InChI=1S/C14H15N3O3/c1-20-12-4-2-11(3-5-12)6-9-16-13-7-8-15-10-14(13)17(18)19/h2-5,7-8,10H,6,9H2,1H3,(H,15,16). The van der Waals surface area contributed by atoms with Crippen molar-refractivity contribution in [1.82, 2.24) is 4.98 Å². The van der Waals surface area contributed by atoms with E-state index >= 15 is 0 Å². The highest BCUT2D eigenvalue weighted by Crippen LogP contribution is 2.21. The molecule has 0 aliphatic rings. The van der Waals surface area contributed by atoms with Gasteiger partial charge in [0.1, 0.15) is 17.6 Å². The molecule has 104 valence electrons. The smallest absolute Gasteiger partial charge is 0.310 e. The molecule has 6 nitrogen and oxygen atoms in total. The number of hydrogen-bond donors (Lipinski definition) is 1. The third-order valence-electron chi connectivity index (χ3n) is 2.88. The van der Waals surface area contributed by atoms with Crippen LogP contribution in [0.3, 0.4) is 0 Å². The zero-order chi connectivity index (χ0) is 14.4. The van der Waals surface area contributed by atoms with Gasteiger partial charge in [-0.25, -0.2) is 0 Å². The van der Waals surface area contributed by atoms with E-state index in [-0.39, 0.29) is 5.69 Å². The maximum absolute atomic E-state index is 10.8. The summed E-state index contributed by atoms with van der Waals surface area (Å²) in [4.78, 5) is 14.2. The van der Waals surface area contributed by atoms with Gasteiger partial charge in [-0.15, -0.1) is 0 Å². The highest BCUT2D eigenvalue weighted by Gasteiger charge is 2.12. The summed E-state index contributed by atoms with van der Waals surface area (Å²) in [6, 6.07) is 9.34. The summed E-state index contributed by atoms with van der Waals surface area (Å²) < 4.78 is 5.09. The van der Waals surface area contributed by atoms with Crippen molar-refractivity contribution in [2.75, 3.05) is 19.0 Å². The van der Waals surface area contributed by atoms with Gasteiger partial charge in [0.15, 0.2) is 0 Å². The van der Waals surface area contributed by atoms with Gasteiger partial charge in [-0.2, -0.15) is 0 Å². The van der Waals surface area contributed by atoms with Crippen molar-refractivity contribution in [1.29, 1.82) is 0 Å². The molecule has 0 spiro atoms. The van der Waals surface area contributed by atoms with Crippen LogP contribution in [0.4, 0.5) is 11.4 Å². The lowest BCUT2D eigenvalue weighted by atomic mass is 10.1. The van der Waals surface area contributed by atoms with Crippen LogP contribution in [0.2, 0.25) is 0 Å². The second kappa shape index (κ2) is 6.51. The van der Waals surface area contributed by atoms with Gasteiger partial charge in [-0.1, -0.05) is 12.1 Å². The summed E-state index contributed by atoms with van der Waals surface area (Å²) in [7, 11) is 1.62. The molecule has 0 radical (unpaired) electrons. The molecule has 0 bridgehead atoms. The number of hydrogen-bond acceptors (Lipinski definition) is 5. The molecule has 0 atom stereocenters. The van der Waals surface area contributed by atoms with Crippen LogP contribution in [0.1, 0.15) is 5.56 Å². The number of anilines is 1. The average molecular weight is 273 g/mol. The normalized spacial score (nSPS) is 10.1. The fourth-order valence-electron chi connectivity index (χ4n) is 1.81. The van der Waals surface area contributed by atoms with E-state index in [1.54, 1.807) is 13.2 Å². The number of nitro groups is 1. The van der Waals surface area contributed by atoms with E-state index in [0.717, 1.165) is 17.7 Å². The number of benzene rings is 1. The molecule has 0 aliphatic heterocycles. The minimum absolute atomic E-state index is 0.0118. The highest BCUT2D eigenvalue weighted by molar-refractivity contribution is 5.59. The second-order valence-corrected chi connectivity index (χ2v) is 4.17. The molecule has 1 N–H and O–H groups in total. The van der Waals surface area contributed by atoms with E-state index in [1.165, 1.54) is 12.4 Å². The summed E-state index contributed by atoms with van der Waals surface area (Å²) in [5.41, 5.74) is 1.61. The first kappa shape index (κ1) is 13.8. The Kier molecular flexibility index (Phi) is 4.49. The largest absolute Gasteiger partial charge is 0.497 e. The predicted octanol–water partition coefficient (Wildman–Crippen LogP) is 2.65. The average Bonchev–Trinajstić information content (AvgIpc) is 2.48. The van der Waals surface area contributed by atoms with E-state index in [0.29, 0.717) is 12.2 Å². The van der Waals surface area contributed by atoms with Gasteiger partial charge in [0.2, 0.25) is 0 Å². The van der Waals surface area contributed by atoms with E-state index in [4.69, 9.17) is 4.74 Å². The Labute approximate surface area is 116 Å². The molecule has 0 saturated heterocycles. The number of nitrogens with zero attached hydrogens (tertiary/aromatic N) is 2. The Morgan fingerprint density at radius 3 is 2.70 bits per heavy atom. The Balaban J connectivity index is 1.94. The number of rotatable bonds is 6. The monoisotopic (exact) mass is 273 g/mol. The van der Waals surface area contributed by atoms with Crippen molar-refractivity contribution in [3.05, 3.63) is 58.4 Å². The van der Waals surface area contributed by atoms with Crippen LogP contribution in [0.25, 0.3) is 0 Å². The lowest BCUT2D eigenvalue weighted by molar-refractivity contribution is -0.384. The predicted molar refractivity (Wildman–Crippen MR) is 76.1 cm³/mol. The van der Waals surface area contributed by atoms with Crippen LogP contribution in [-0.2, 0) is 6.42 Å². The summed E-state index contributed by atoms with van der Waals surface area (Å²) in [6.07, 6.45) is 3.54. The van der Waals surface area contributed by atoms with Crippen LogP contribution in [0.15, 0.2) is 42.7 Å². The first-order chi connectivity index (χ1) is 9.70. The van der Waals surface area contributed by atoms with Crippen molar-refractivity contribution in [2.24, 2.45) is 0 Å². The molecular formula is C14H15N3O3. The molecule has 0 saturated carbocycles. The zero-order valence-corrected chi connectivity index (χ0v) is 11.1. The van der Waals surface area contributed by atoms with E-state index in [9.17, 15) is 10.1 Å². The van der Waals surface area contributed by atoms with E-state index in [2.05, 4.69) is 10.3 Å². The van der Waals surface area contributed by atoms with Gasteiger partial charge in [0.05, 0.1) is 12.0 Å². The number of nitrogens with one attached hydrogen (secondary N) is 1. The summed E-state index contributed by atoms with van der Waals surface area (Å²) in [6.45, 7) is 0.608. The molecular weight excluding hydrogens is 258 g/mol. The van der Waals surface area contributed by atoms with Gasteiger partial charge < -0.3 is 10.1 Å². The minimum atomic E-state index is -0.442. The molecule has 1 aromatic heterocycles. The number of ether oxygens (including phenoxy) is 1. The maximum atomic E-state index is 10.8. The number of pyridine rings is 1. The van der Waals surface area contributed by atoms with Crippen LogP contribution < -0.4 is 10.1 Å². The van der Waals surface area contributed by atoms with Crippen molar-refractivity contribution < 1.29 is 9.66 Å². The summed E-state index contributed by atoms with van der Waals surface area (Å²) in [5.74, 6) is 0.812. The minimum Gasteiger partial charge on any atom is -0.497 e.